The topological polar surface area (TPSA) is 106 Å². The molecule has 1 heterocycles. The predicted octanol–water partition coefficient (Wildman–Crippen LogP) is 3.26. The lowest BCUT2D eigenvalue weighted by atomic mass is 10.1. The van der Waals surface area contributed by atoms with Crippen LogP contribution in [0.4, 0.5) is 5.69 Å². The van der Waals surface area contributed by atoms with E-state index in [0.29, 0.717) is 45.4 Å². The molecule has 0 radical (unpaired) electrons. The Morgan fingerprint density at radius 1 is 0.909 bits per heavy atom. The average molecular weight is 475 g/mol. The van der Waals surface area contributed by atoms with Crippen molar-refractivity contribution in [3.05, 3.63) is 30.3 Å². The number of amides is 1. The van der Waals surface area contributed by atoms with E-state index in [2.05, 4.69) is 15.5 Å². The van der Waals surface area contributed by atoms with Crippen LogP contribution in [-0.4, -0.2) is 62.0 Å². The molecule has 0 saturated carbocycles. The zero-order valence-electron chi connectivity index (χ0n) is 19.3. The Hall–Kier alpha value is -3.60. The molecule has 0 saturated heterocycles. The summed E-state index contributed by atoms with van der Waals surface area (Å²) in [5.74, 6) is 3.16. The summed E-state index contributed by atoms with van der Waals surface area (Å²) in [5, 5.41) is 11.9. The van der Waals surface area contributed by atoms with E-state index in [9.17, 15) is 4.79 Å². The van der Waals surface area contributed by atoms with Crippen molar-refractivity contribution in [3.63, 3.8) is 0 Å². The van der Waals surface area contributed by atoms with Gasteiger partial charge in [0.1, 0.15) is 11.5 Å². The maximum absolute atomic E-state index is 12.5. The molecule has 1 amide bonds. The van der Waals surface area contributed by atoms with Crippen LogP contribution in [0.3, 0.4) is 0 Å². The number of nitrogens with zero attached hydrogens (tertiary/aromatic N) is 3. The molecule has 0 fully saturated rings. The highest BCUT2D eigenvalue weighted by Crippen LogP contribution is 2.41. The minimum atomic E-state index is -0.219. The van der Waals surface area contributed by atoms with Gasteiger partial charge >= 0.3 is 0 Å². The van der Waals surface area contributed by atoms with Crippen molar-refractivity contribution >= 4 is 23.4 Å². The number of thioether (sulfide) groups is 1. The lowest BCUT2D eigenvalue weighted by molar-refractivity contribution is -0.113. The van der Waals surface area contributed by atoms with Gasteiger partial charge in [-0.05, 0) is 24.3 Å². The molecule has 0 aliphatic heterocycles. The van der Waals surface area contributed by atoms with Gasteiger partial charge in [-0.3, -0.25) is 4.79 Å². The normalized spacial score (nSPS) is 10.5. The number of hydrogen-bond acceptors (Lipinski definition) is 9. The van der Waals surface area contributed by atoms with Gasteiger partial charge < -0.3 is 33.6 Å². The molecule has 1 aromatic heterocycles. The number of benzene rings is 2. The zero-order chi connectivity index (χ0) is 24.0. The van der Waals surface area contributed by atoms with Crippen LogP contribution in [0.1, 0.15) is 0 Å². The third-order valence-electron chi connectivity index (χ3n) is 4.77. The van der Waals surface area contributed by atoms with E-state index >= 15 is 0 Å². The number of aromatic nitrogens is 3. The van der Waals surface area contributed by atoms with Gasteiger partial charge in [-0.15, -0.1) is 10.2 Å². The average Bonchev–Trinajstić information content (AvgIpc) is 3.21. The quantitative estimate of drug-likeness (QED) is 0.443. The van der Waals surface area contributed by atoms with Gasteiger partial charge in [-0.1, -0.05) is 11.8 Å². The van der Waals surface area contributed by atoms with Crippen LogP contribution in [-0.2, 0) is 11.8 Å². The number of ether oxygens (including phenoxy) is 5. The highest BCUT2D eigenvalue weighted by molar-refractivity contribution is 7.99. The number of methoxy groups -OCH3 is 5. The van der Waals surface area contributed by atoms with Crippen LogP contribution < -0.4 is 29.0 Å². The number of anilines is 1. The largest absolute Gasteiger partial charge is 0.497 e. The first kappa shape index (κ1) is 24.1. The molecule has 0 unspecified atom stereocenters. The van der Waals surface area contributed by atoms with Crippen LogP contribution in [0.25, 0.3) is 11.4 Å². The highest BCUT2D eigenvalue weighted by Gasteiger charge is 2.19. The summed E-state index contributed by atoms with van der Waals surface area (Å²) in [7, 11) is 9.57. The minimum absolute atomic E-state index is 0.127. The molecule has 0 aliphatic carbocycles. The Morgan fingerprint density at radius 2 is 1.58 bits per heavy atom. The number of carbonyl (C=O) groups is 1. The summed E-state index contributed by atoms with van der Waals surface area (Å²) in [5.41, 5.74) is 1.26. The first-order chi connectivity index (χ1) is 15.9. The maximum Gasteiger partial charge on any atom is 0.234 e. The van der Waals surface area contributed by atoms with E-state index in [1.165, 1.54) is 18.9 Å². The summed E-state index contributed by atoms with van der Waals surface area (Å²) >= 11 is 1.26. The van der Waals surface area contributed by atoms with Gasteiger partial charge in [-0.25, -0.2) is 0 Å². The van der Waals surface area contributed by atoms with Crippen molar-refractivity contribution in [2.24, 2.45) is 7.05 Å². The van der Waals surface area contributed by atoms with Gasteiger partial charge in [0.2, 0.25) is 11.7 Å². The fraction of sp³-hybridized carbons (Fsp3) is 0.318. The Kier molecular flexibility index (Phi) is 7.88. The van der Waals surface area contributed by atoms with Crippen molar-refractivity contribution in [3.8, 4) is 40.1 Å². The molecule has 3 aromatic rings. The molecule has 176 valence electrons. The molecule has 0 atom stereocenters. The first-order valence-electron chi connectivity index (χ1n) is 9.80. The van der Waals surface area contributed by atoms with Gasteiger partial charge in [-0.2, -0.15) is 0 Å². The van der Waals surface area contributed by atoms with Crippen LogP contribution in [0.15, 0.2) is 35.5 Å². The lowest BCUT2D eigenvalue weighted by Crippen LogP contribution is -2.15. The number of nitrogens with one attached hydrogen (secondary N) is 1. The fourth-order valence-corrected chi connectivity index (χ4v) is 3.84. The second-order valence-electron chi connectivity index (χ2n) is 6.68. The summed E-state index contributed by atoms with van der Waals surface area (Å²) in [6.07, 6.45) is 0. The molecule has 2 aromatic carbocycles. The van der Waals surface area contributed by atoms with Crippen molar-refractivity contribution in [1.29, 1.82) is 0 Å². The summed E-state index contributed by atoms with van der Waals surface area (Å²) in [6.45, 7) is 0. The van der Waals surface area contributed by atoms with Crippen molar-refractivity contribution in [1.82, 2.24) is 14.8 Å². The summed E-state index contributed by atoms with van der Waals surface area (Å²) in [4.78, 5) is 12.5. The first-order valence-corrected chi connectivity index (χ1v) is 10.8. The van der Waals surface area contributed by atoms with Crippen molar-refractivity contribution < 1.29 is 28.5 Å². The third kappa shape index (κ3) is 5.25. The van der Waals surface area contributed by atoms with Gasteiger partial charge in [0.15, 0.2) is 22.5 Å². The smallest absolute Gasteiger partial charge is 0.234 e. The van der Waals surface area contributed by atoms with E-state index in [1.54, 1.807) is 63.3 Å². The van der Waals surface area contributed by atoms with Crippen LogP contribution in [0.5, 0.6) is 28.7 Å². The van der Waals surface area contributed by atoms with E-state index in [4.69, 9.17) is 23.7 Å². The molecule has 0 aliphatic rings. The lowest BCUT2D eigenvalue weighted by Gasteiger charge is -2.14. The molecule has 33 heavy (non-hydrogen) atoms. The van der Waals surface area contributed by atoms with E-state index < -0.39 is 0 Å². The van der Waals surface area contributed by atoms with Crippen molar-refractivity contribution in [2.75, 3.05) is 46.6 Å². The Bertz CT molecular complexity index is 1110. The third-order valence-corrected chi connectivity index (χ3v) is 5.79. The van der Waals surface area contributed by atoms with E-state index in [1.807, 2.05) is 7.05 Å². The number of carbonyl (C=O) groups excluding carboxylic acids is 1. The Balaban J connectivity index is 1.75. The Morgan fingerprint density at radius 3 is 2.15 bits per heavy atom. The second kappa shape index (κ2) is 10.8. The molecule has 11 heteroatoms. The van der Waals surface area contributed by atoms with Crippen LogP contribution in [0.2, 0.25) is 0 Å². The predicted molar refractivity (Wildman–Crippen MR) is 125 cm³/mol. The van der Waals surface area contributed by atoms with E-state index in [-0.39, 0.29) is 11.7 Å². The summed E-state index contributed by atoms with van der Waals surface area (Å²) < 4.78 is 28.5. The maximum atomic E-state index is 12.5. The number of rotatable bonds is 10. The fourth-order valence-electron chi connectivity index (χ4n) is 3.13. The molecular weight excluding hydrogens is 448 g/mol. The highest BCUT2D eigenvalue weighted by atomic mass is 32.2. The van der Waals surface area contributed by atoms with Gasteiger partial charge in [0.25, 0.3) is 0 Å². The number of hydrogen-bond donors (Lipinski definition) is 1. The molecule has 0 spiro atoms. The molecular formula is C22H26N4O6S. The minimum Gasteiger partial charge on any atom is -0.497 e. The van der Waals surface area contributed by atoms with Gasteiger partial charge in [0.05, 0.1) is 47.0 Å². The van der Waals surface area contributed by atoms with Gasteiger partial charge in [0, 0.05) is 18.7 Å². The summed E-state index contributed by atoms with van der Waals surface area (Å²) in [6, 6.07) is 8.77. The molecule has 10 nitrogen and oxygen atoms in total. The van der Waals surface area contributed by atoms with E-state index in [0.717, 1.165) is 5.56 Å². The monoisotopic (exact) mass is 474 g/mol. The SMILES string of the molecule is COc1ccc(OC)c(NC(=O)CSc2nnc(-c3cc(OC)c(OC)c(OC)c3)n2C)c1. The molecule has 1 N–H and O–H groups in total. The second-order valence-corrected chi connectivity index (χ2v) is 7.62. The molecule has 0 bridgehead atoms. The zero-order valence-corrected chi connectivity index (χ0v) is 20.1. The Labute approximate surface area is 196 Å². The van der Waals surface area contributed by atoms with Crippen LogP contribution >= 0.6 is 11.8 Å². The van der Waals surface area contributed by atoms with Crippen LogP contribution in [0, 0.1) is 0 Å². The standard InChI is InChI=1S/C22H26N4O6S/c1-26-21(13-9-17(30-4)20(32-6)18(10-13)31-5)24-25-22(26)33-12-19(27)23-15-11-14(28-2)7-8-16(15)29-3/h7-11H,12H2,1-6H3,(H,23,27). The molecule has 3 rings (SSSR count). The van der Waals surface area contributed by atoms with Crippen molar-refractivity contribution in [2.45, 2.75) is 5.16 Å².